The maximum absolute atomic E-state index is 13.2. The van der Waals surface area contributed by atoms with E-state index in [1.54, 1.807) is 24.4 Å². The highest BCUT2D eigenvalue weighted by molar-refractivity contribution is 9.10. The Kier molecular flexibility index (Phi) is 7.82. The van der Waals surface area contributed by atoms with Gasteiger partial charge < -0.3 is 10.1 Å². The Hall–Kier alpha value is -2.24. The molecule has 172 valence electrons. The number of ether oxygens (including phenoxy) is 1. The van der Waals surface area contributed by atoms with Gasteiger partial charge in [0.05, 0.1) is 35.9 Å². The molecule has 1 aliphatic heterocycles. The van der Waals surface area contributed by atoms with Crippen molar-refractivity contribution >= 4 is 43.6 Å². The molecule has 2 aromatic carbocycles. The summed E-state index contributed by atoms with van der Waals surface area (Å²) in [5.74, 6) is -0.362. The molecular weight excluding hydrogens is 526 g/mol. The van der Waals surface area contributed by atoms with Gasteiger partial charge in [0, 0.05) is 33.6 Å². The van der Waals surface area contributed by atoms with Crippen molar-refractivity contribution in [2.75, 3.05) is 26.3 Å². The van der Waals surface area contributed by atoms with E-state index >= 15 is 0 Å². The highest BCUT2D eigenvalue weighted by atomic mass is 79.9. The third-order valence-electron chi connectivity index (χ3n) is 5.00. The first-order chi connectivity index (χ1) is 15.9. The topological polar surface area (TPSA) is 88.6 Å². The van der Waals surface area contributed by atoms with Gasteiger partial charge in [-0.1, -0.05) is 33.8 Å². The third-order valence-corrected chi connectivity index (χ3v) is 8.51. The minimum Gasteiger partial charge on any atom is -0.379 e. The minimum absolute atomic E-state index is 0.0903. The van der Waals surface area contributed by atoms with Crippen molar-refractivity contribution in [2.45, 2.75) is 21.2 Å². The van der Waals surface area contributed by atoms with Gasteiger partial charge in [0.2, 0.25) is 10.0 Å². The molecule has 0 unspecified atom stereocenters. The molecule has 1 aliphatic rings. The molecule has 7 nitrogen and oxygen atoms in total. The molecule has 1 amide bonds. The van der Waals surface area contributed by atoms with E-state index in [1.807, 2.05) is 36.4 Å². The molecular formula is C23H22BrN3O4S2. The first kappa shape index (κ1) is 23.9. The maximum atomic E-state index is 13.2. The molecule has 1 N–H and O–H groups in total. The average Bonchev–Trinajstić information content (AvgIpc) is 2.85. The van der Waals surface area contributed by atoms with Crippen LogP contribution >= 0.6 is 27.7 Å². The lowest BCUT2D eigenvalue weighted by atomic mass is 10.2. The summed E-state index contributed by atoms with van der Waals surface area (Å²) in [7, 11) is -3.73. The summed E-state index contributed by atoms with van der Waals surface area (Å²) in [5, 5.41) is 2.86. The van der Waals surface area contributed by atoms with Crippen LogP contribution in [-0.4, -0.2) is 49.9 Å². The molecule has 0 bridgehead atoms. The van der Waals surface area contributed by atoms with Crippen LogP contribution in [-0.2, 0) is 21.3 Å². The fourth-order valence-electron chi connectivity index (χ4n) is 3.27. The van der Waals surface area contributed by atoms with Gasteiger partial charge in [0.1, 0.15) is 0 Å². The lowest BCUT2D eigenvalue weighted by Crippen LogP contribution is -2.40. The highest BCUT2D eigenvalue weighted by Crippen LogP contribution is 2.33. The number of pyridine rings is 1. The van der Waals surface area contributed by atoms with Crippen LogP contribution in [0.2, 0.25) is 0 Å². The molecule has 0 spiro atoms. The van der Waals surface area contributed by atoms with E-state index in [0.29, 0.717) is 42.5 Å². The van der Waals surface area contributed by atoms with E-state index in [9.17, 15) is 13.2 Å². The molecule has 1 fully saturated rings. The second kappa shape index (κ2) is 10.8. The van der Waals surface area contributed by atoms with Crippen LogP contribution in [0, 0.1) is 0 Å². The van der Waals surface area contributed by atoms with Crippen molar-refractivity contribution in [1.29, 1.82) is 0 Å². The van der Waals surface area contributed by atoms with Gasteiger partial charge in [-0.3, -0.25) is 9.78 Å². The fourth-order valence-corrected chi connectivity index (χ4v) is 5.89. The van der Waals surface area contributed by atoms with Gasteiger partial charge >= 0.3 is 0 Å². The highest BCUT2D eigenvalue weighted by Gasteiger charge is 2.28. The van der Waals surface area contributed by atoms with E-state index in [-0.39, 0.29) is 17.3 Å². The largest absolute Gasteiger partial charge is 0.379 e. The molecule has 0 saturated carbocycles. The normalized spacial score (nSPS) is 14.7. The number of hydrogen-bond acceptors (Lipinski definition) is 6. The average molecular weight is 548 g/mol. The lowest BCUT2D eigenvalue weighted by Gasteiger charge is -2.26. The van der Waals surface area contributed by atoms with Gasteiger partial charge in [0.25, 0.3) is 5.91 Å². The number of benzene rings is 2. The number of nitrogens with zero attached hydrogens (tertiary/aromatic N) is 2. The SMILES string of the molecule is O=C(NCc1ccccn1)c1cc(S(=O)(=O)N2CCOCC2)ccc1Sc1ccc(Br)cc1. The Balaban J connectivity index is 1.65. The minimum atomic E-state index is -3.73. The summed E-state index contributed by atoms with van der Waals surface area (Å²) in [6.07, 6.45) is 1.66. The Morgan fingerprint density at radius 2 is 1.85 bits per heavy atom. The molecule has 0 aliphatic carbocycles. The summed E-state index contributed by atoms with van der Waals surface area (Å²) < 4.78 is 34.0. The van der Waals surface area contributed by atoms with Crippen LogP contribution < -0.4 is 5.32 Å². The molecule has 10 heteroatoms. The van der Waals surface area contributed by atoms with Gasteiger partial charge in [-0.05, 0) is 54.6 Å². The summed E-state index contributed by atoms with van der Waals surface area (Å²) in [6, 6.07) is 17.9. The van der Waals surface area contributed by atoms with Crippen molar-refractivity contribution in [1.82, 2.24) is 14.6 Å². The summed E-state index contributed by atoms with van der Waals surface area (Å²) in [4.78, 5) is 19.1. The van der Waals surface area contributed by atoms with E-state index in [1.165, 1.54) is 22.1 Å². The van der Waals surface area contributed by atoms with E-state index in [0.717, 1.165) is 9.37 Å². The molecule has 33 heavy (non-hydrogen) atoms. The van der Waals surface area contributed by atoms with E-state index < -0.39 is 10.0 Å². The zero-order chi connectivity index (χ0) is 23.3. The van der Waals surface area contributed by atoms with Crippen molar-refractivity contribution in [3.63, 3.8) is 0 Å². The number of amides is 1. The van der Waals surface area contributed by atoms with Gasteiger partial charge in [-0.15, -0.1) is 0 Å². The van der Waals surface area contributed by atoms with Gasteiger partial charge in [-0.2, -0.15) is 4.31 Å². The number of halogens is 1. The van der Waals surface area contributed by atoms with E-state index in [4.69, 9.17) is 4.74 Å². The molecule has 2 heterocycles. The fraction of sp³-hybridized carbons (Fsp3) is 0.217. The number of rotatable bonds is 7. The first-order valence-corrected chi connectivity index (χ1v) is 13.3. The van der Waals surface area contributed by atoms with Gasteiger partial charge in [-0.25, -0.2) is 8.42 Å². The number of carbonyl (C=O) groups is 1. The Labute approximate surface area is 205 Å². The molecule has 1 saturated heterocycles. The standard InChI is InChI=1S/C23H22BrN3O4S2/c24-17-4-6-19(7-5-17)32-22-9-8-20(33(29,30)27-11-13-31-14-12-27)15-21(22)23(28)26-16-18-3-1-2-10-25-18/h1-10,15H,11-14,16H2,(H,26,28). The second-order valence-electron chi connectivity index (χ2n) is 7.23. The zero-order valence-corrected chi connectivity index (χ0v) is 20.8. The molecule has 3 aromatic rings. The first-order valence-electron chi connectivity index (χ1n) is 10.3. The predicted molar refractivity (Wildman–Crippen MR) is 130 cm³/mol. The Morgan fingerprint density at radius 1 is 1.09 bits per heavy atom. The van der Waals surface area contributed by atoms with Crippen LogP contribution in [0.5, 0.6) is 0 Å². The van der Waals surface area contributed by atoms with Crippen LogP contribution in [0.15, 0.2) is 86.0 Å². The maximum Gasteiger partial charge on any atom is 0.252 e. The summed E-state index contributed by atoms with van der Waals surface area (Å²) in [5.41, 5.74) is 1.01. The monoisotopic (exact) mass is 547 g/mol. The number of carbonyl (C=O) groups excluding carboxylic acids is 1. The second-order valence-corrected chi connectivity index (χ2v) is 11.2. The number of aromatic nitrogens is 1. The van der Waals surface area contributed by atoms with Crippen molar-refractivity contribution in [3.05, 3.63) is 82.6 Å². The smallest absolute Gasteiger partial charge is 0.252 e. The lowest BCUT2D eigenvalue weighted by molar-refractivity contribution is 0.0730. The van der Waals surface area contributed by atoms with Crippen LogP contribution in [0.1, 0.15) is 16.1 Å². The quantitative estimate of drug-likeness (QED) is 0.481. The van der Waals surface area contributed by atoms with Crippen molar-refractivity contribution in [3.8, 4) is 0 Å². The third kappa shape index (κ3) is 6.01. The molecule has 0 radical (unpaired) electrons. The number of sulfonamides is 1. The molecule has 0 atom stereocenters. The van der Waals surface area contributed by atoms with E-state index in [2.05, 4.69) is 26.2 Å². The summed E-state index contributed by atoms with van der Waals surface area (Å²) in [6.45, 7) is 1.53. The number of morpholine rings is 1. The summed E-state index contributed by atoms with van der Waals surface area (Å²) >= 11 is 4.82. The van der Waals surface area contributed by atoms with Crippen LogP contribution in [0.25, 0.3) is 0 Å². The molecule has 4 rings (SSSR count). The molecule has 1 aromatic heterocycles. The van der Waals surface area contributed by atoms with Crippen molar-refractivity contribution in [2.24, 2.45) is 0 Å². The van der Waals surface area contributed by atoms with Crippen LogP contribution in [0.3, 0.4) is 0 Å². The van der Waals surface area contributed by atoms with Crippen molar-refractivity contribution < 1.29 is 17.9 Å². The Bertz CT molecular complexity index is 1220. The zero-order valence-electron chi connectivity index (χ0n) is 17.6. The Morgan fingerprint density at radius 3 is 2.55 bits per heavy atom. The van der Waals surface area contributed by atoms with Gasteiger partial charge in [0.15, 0.2) is 0 Å². The van der Waals surface area contributed by atoms with Crippen LogP contribution in [0.4, 0.5) is 0 Å². The number of hydrogen-bond donors (Lipinski definition) is 1. The predicted octanol–water partition coefficient (Wildman–Crippen LogP) is 3.95. The number of nitrogens with one attached hydrogen (secondary N) is 1.